The third-order valence-corrected chi connectivity index (χ3v) is 5.11. The minimum atomic E-state index is -0.275. The molecule has 0 aliphatic rings. The maximum absolute atomic E-state index is 12.8. The van der Waals surface area contributed by atoms with Crippen LogP contribution in [0, 0.1) is 6.92 Å². The normalized spacial score (nSPS) is 10.3. The van der Waals surface area contributed by atoms with Crippen LogP contribution in [0.4, 0.5) is 5.69 Å². The first-order valence-corrected chi connectivity index (χ1v) is 10.5. The monoisotopic (exact) mass is 448 g/mol. The van der Waals surface area contributed by atoms with Crippen LogP contribution in [-0.4, -0.2) is 33.1 Å². The number of carbonyl (C=O) groups excluding carboxylic acids is 2. The lowest BCUT2D eigenvalue weighted by molar-refractivity contribution is -0.115. The molecule has 0 fully saturated rings. The average Bonchev–Trinajstić information content (AvgIpc) is 2.83. The Labute approximate surface area is 193 Å². The van der Waals surface area contributed by atoms with E-state index in [4.69, 9.17) is 14.2 Å². The molecule has 3 aromatic rings. The van der Waals surface area contributed by atoms with Gasteiger partial charge < -0.3 is 24.8 Å². The standard InChI is InChI=1S/C26H28N2O5/c1-17-9-11-18(12-10-17)16-27-26(30)20-7-5-6-8-21(20)28-24(29)15-19-13-22(31-2)25(33-4)23(14-19)32-3/h5-14H,15-16H2,1-4H3,(H,27,30)(H,28,29). The summed E-state index contributed by atoms with van der Waals surface area (Å²) in [6.45, 7) is 2.41. The Morgan fingerprint density at radius 1 is 0.818 bits per heavy atom. The number of amides is 2. The largest absolute Gasteiger partial charge is 0.493 e. The Morgan fingerprint density at radius 3 is 2.06 bits per heavy atom. The van der Waals surface area contributed by atoms with Gasteiger partial charge in [-0.05, 0) is 42.3 Å². The predicted octanol–water partition coefficient (Wildman–Crippen LogP) is 4.13. The maximum atomic E-state index is 12.8. The minimum absolute atomic E-state index is 0.0655. The van der Waals surface area contributed by atoms with Crippen molar-refractivity contribution in [2.75, 3.05) is 26.6 Å². The zero-order valence-corrected chi connectivity index (χ0v) is 19.2. The van der Waals surface area contributed by atoms with Crippen LogP contribution in [0.25, 0.3) is 0 Å². The molecule has 0 heterocycles. The van der Waals surface area contributed by atoms with Crippen LogP contribution in [0.15, 0.2) is 60.7 Å². The molecule has 7 heteroatoms. The zero-order chi connectivity index (χ0) is 23.8. The Hall–Kier alpha value is -4.00. The number of nitrogens with one attached hydrogen (secondary N) is 2. The molecule has 7 nitrogen and oxygen atoms in total. The van der Waals surface area contributed by atoms with Gasteiger partial charge in [-0.25, -0.2) is 0 Å². The van der Waals surface area contributed by atoms with Gasteiger partial charge in [0.1, 0.15) is 0 Å². The van der Waals surface area contributed by atoms with E-state index < -0.39 is 0 Å². The van der Waals surface area contributed by atoms with E-state index in [1.165, 1.54) is 21.3 Å². The quantitative estimate of drug-likeness (QED) is 0.514. The van der Waals surface area contributed by atoms with Crippen molar-refractivity contribution < 1.29 is 23.8 Å². The Bertz CT molecular complexity index is 1100. The van der Waals surface area contributed by atoms with Crippen LogP contribution in [0.5, 0.6) is 17.2 Å². The van der Waals surface area contributed by atoms with Crippen molar-refractivity contribution >= 4 is 17.5 Å². The first-order chi connectivity index (χ1) is 15.9. The highest BCUT2D eigenvalue weighted by atomic mass is 16.5. The van der Waals surface area contributed by atoms with Crippen molar-refractivity contribution in [2.45, 2.75) is 19.9 Å². The highest BCUT2D eigenvalue weighted by molar-refractivity contribution is 6.04. The van der Waals surface area contributed by atoms with Gasteiger partial charge in [0.25, 0.3) is 5.91 Å². The SMILES string of the molecule is COc1cc(CC(=O)Nc2ccccc2C(=O)NCc2ccc(C)cc2)cc(OC)c1OC. The fraction of sp³-hybridized carbons (Fsp3) is 0.231. The van der Waals surface area contributed by atoms with Crippen molar-refractivity contribution in [1.82, 2.24) is 5.32 Å². The van der Waals surface area contributed by atoms with Gasteiger partial charge in [-0.2, -0.15) is 0 Å². The van der Waals surface area contributed by atoms with Crippen LogP contribution < -0.4 is 24.8 Å². The van der Waals surface area contributed by atoms with Crippen LogP contribution in [0.2, 0.25) is 0 Å². The summed E-state index contributed by atoms with van der Waals surface area (Å²) >= 11 is 0. The van der Waals surface area contributed by atoms with E-state index in [-0.39, 0.29) is 18.2 Å². The Balaban J connectivity index is 1.70. The smallest absolute Gasteiger partial charge is 0.253 e. The highest BCUT2D eigenvalue weighted by Crippen LogP contribution is 2.38. The number of methoxy groups -OCH3 is 3. The number of hydrogen-bond donors (Lipinski definition) is 2. The average molecular weight is 449 g/mol. The second-order valence-corrected chi connectivity index (χ2v) is 7.47. The molecule has 3 aromatic carbocycles. The highest BCUT2D eigenvalue weighted by Gasteiger charge is 2.17. The van der Waals surface area contributed by atoms with Gasteiger partial charge in [-0.15, -0.1) is 0 Å². The molecular formula is C26H28N2O5. The molecule has 0 aliphatic heterocycles. The van der Waals surface area contributed by atoms with Crippen molar-refractivity contribution in [1.29, 1.82) is 0 Å². The van der Waals surface area contributed by atoms with Gasteiger partial charge in [0, 0.05) is 6.54 Å². The molecule has 0 saturated heterocycles. The topological polar surface area (TPSA) is 85.9 Å². The minimum Gasteiger partial charge on any atom is -0.493 e. The lowest BCUT2D eigenvalue weighted by Crippen LogP contribution is -2.25. The Kier molecular flexibility index (Phi) is 7.91. The lowest BCUT2D eigenvalue weighted by Gasteiger charge is -2.15. The number of para-hydroxylation sites is 1. The number of ether oxygens (including phenoxy) is 3. The van der Waals surface area contributed by atoms with Gasteiger partial charge in [-0.1, -0.05) is 42.0 Å². The molecular weight excluding hydrogens is 420 g/mol. The van der Waals surface area contributed by atoms with Gasteiger partial charge in [0.15, 0.2) is 11.5 Å². The molecule has 0 aliphatic carbocycles. The van der Waals surface area contributed by atoms with Gasteiger partial charge in [-0.3, -0.25) is 9.59 Å². The van der Waals surface area contributed by atoms with Gasteiger partial charge >= 0.3 is 0 Å². The van der Waals surface area contributed by atoms with Crippen molar-refractivity contribution in [2.24, 2.45) is 0 Å². The van der Waals surface area contributed by atoms with Crippen molar-refractivity contribution in [3.63, 3.8) is 0 Å². The lowest BCUT2D eigenvalue weighted by atomic mass is 10.1. The van der Waals surface area contributed by atoms with Crippen molar-refractivity contribution in [3.8, 4) is 17.2 Å². The summed E-state index contributed by atoms with van der Waals surface area (Å²) in [5.41, 5.74) is 3.67. The van der Waals surface area contributed by atoms with Gasteiger partial charge in [0.2, 0.25) is 11.7 Å². The molecule has 3 rings (SSSR count). The first-order valence-electron chi connectivity index (χ1n) is 10.5. The zero-order valence-electron chi connectivity index (χ0n) is 19.2. The Morgan fingerprint density at radius 2 is 1.45 bits per heavy atom. The van der Waals surface area contributed by atoms with E-state index in [0.717, 1.165) is 11.1 Å². The summed E-state index contributed by atoms with van der Waals surface area (Å²) in [4.78, 5) is 25.5. The summed E-state index contributed by atoms with van der Waals surface area (Å²) in [6.07, 6.45) is 0.0655. The third-order valence-electron chi connectivity index (χ3n) is 5.11. The molecule has 2 N–H and O–H groups in total. The summed E-state index contributed by atoms with van der Waals surface area (Å²) in [6, 6.07) is 18.3. The van der Waals surface area contributed by atoms with Crippen LogP contribution in [0.3, 0.4) is 0 Å². The van der Waals surface area contributed by atoms with Gasteiger partial charge in [0.05, 0.1) is 39.0 Å². The maximum Gasteiger partial charge on any atom is 0.253 e. The summed E-state index contributed by atoms with van der Waals surface area (Å²) in [5, 5.41) is 5.74. The molecule has 0 spiro atoms. The van der Waals surface area contributed by atoms with E-state index in [2.05, 4.69) is 10.6 Å². The number of aryl methyl sites for hydroxylation is 1. The number of rotatable bonds is 9. The molecule has 33 heavy (non-hydrogen) atoms. The number of hydrogen-bond acceptors (Lipinski definition) is 5. The fourth-order valence-corrected chi connectivity index (χ4v) is 3.39. The van der Waals surface area contributed by atoms with Crippen molar-refractivity contribution in [3.05, 3.63) is 82.9 Å². The number of benzene rings is 3. The molecule has 0 unspecified atom stereocenters. The van der Waals surface area contributed by atoms with E-state index in [1.807, 2.05) is 31.2 Å². The molecule has 2 amide bonds. The van der Waals surface area contributed by atoms with E-state index in [1.54, 1.807) is 36.4 Å². The van der Waals surface area contributed by atoms with Crippen LogP contribution >= 0.6 is 0 Å². The third kappa shape index (κ3) is 6.04. The van der Waals surface area contributed by atoms with Crippen LogP contribution in [0.1, 0.15) is 27.0 Å². The second kappa shape index (κ2) is 11.0. The first kappa shape index (κ1) is 23.7. The number of carbonyl (C=O) groups is 2. The predicted molar refractivity (Wildman–Crippen MR) is 127 cm³/mol. The molecule has 0 saturated carbocycles. The fourth-order valence-electron chi connectivity index (χ4n) is 3.39. The van der Waals surface area contributed by atoms with E-state index in [9.17, 15) is 9.59 Å². The summed E-state index contributed by atoms with van der Waals surface area (Å²) in [5.74, 6) is 0.855. The molecule has 0 radical (unpaired) electrons. The summed E-state index contributed by atoms with van der Waals surface area (Å²) < 4.78 is 16.0. The molecule has 0 bridgehead atoms. The summed E-state index contributed by atoms with van der Waals surface area (Å²) in [7, 11) is 4.56. The molecule has 0 aromatic heterocycles. The second-order valence-electron chi connectivity index (χ2n) is 7.47. The van der Waals surface area contributed by atoms with E-state index in [0.29, 0.717) is 40.6 Å². The number of anilines is 1. The van der Waals surface area contributed by atoms with E-state index >= 15 is 0 Å². The molecule has 0 atom stereocenters. The molecule has 172 valence electrons. The van der Waals surface area contributed by atoms with Crippen LogP contribution in [-0.2, 0) is 17.8 Å².